The maximum atomic E-state index is 5.85. The molecule has 3 atom stereocenters. The molecule has 0 spiro atoms. The molecule has 0 aromatic rings. The van der Waals surface area contributed by atoms with Crippen LogP contribution in [0.3, 0.4) is 0 Å². The summed E-state index contributed by atoms with van der Waals surface area (Å²) in [6.07, 6.45) is 6.68. The Bertz CT molecular complexity index is 217. The highest BCUT2D eigenvalue weighted by Gasteiger charge is 2.29. The molecule has 2 nitrogen and oxygen atoms in total. The van der Waals surface area contributed by atoms with Crippen LogP contribution >= 0.6 is 0 Å². The van der Waals surface area contributed by atoms with Crippen LogP contribution in [0.4, 0.5) is 0 Å². The van der Waals surface area contributed by atoms with Gasteiger partial charge in [0.05, 0.1) is 0 Å². The third kappa shape index (κ3) is 6.76. The molecule has 1 N–H and O–H groups in total. The fourth-order valence-corrected chi connectivity index (χ4v) is 3.20. The number of hydrogen-bond acceptors (Lipinski definition) is 2. The second-order valence-corrected chi connectivity index (χ2v) is 6.73. The first-order chi connectivity index (χ1) is 9.17. The average molecular weight is 269 g/mol. The van der Waals surface area contributed by atoms with E-state index in [2.05, 4.69) is 33.0 Å². The van der Waals surface area contributed by atoms with Gasteiger partial charge in [0.2, 0.25) is 0 Å². The van der Waals surface area contributed by atoms with E-state index in [1.54, 1.807) is 0 Å². The van der Waals surface area contributed by atoms with Crippen molar-refractivity contribution in [2.75, 3.05) is 26.3 Å². The van der Waals surface area contributed by atoms with Gasteiger partial charge in [-0.3, -0.25) is 0 Å². The average Bonchev–Trinajstić information content (AvgIpc) is 2.40. The molecule has 1 saturated carbocycles. The first kappa shape index (κ1) is 17.0. The molecule has 1 aliphatic rings. The van der Waals surface area contributed by atoms with Crippen molar-refractivity contribution >= 4 is 0 Å². The van der Waals surface area contributed by atoms with Crippen LogP contribution in [-0.2, 0) is 4.74 Å². The van der Waals surface area contributed by atoms with Crippen LogP contribution in [0.1, 0.15) is 59.8 Å². The summed E-state index contributed by atoms with van der Waals surface area (Å²) in [6.45, 7) is 13.3. The Kier molecular flexibility index (Phi) is 8.72. The monoisotopic (exact) mass is 269 g/mol. The van der Waals surface area contributed by atoms with Crippen molar-refractivity contribution in [3.8, 4) is 0 Å². The zero-order valence-corrected chi connectivity index (χ0v) is 13.6. The molecule has 0 radical (unpaired) electrons. The van der Waals surface area contributed by atoms with Crippen molar-refractivity contribution in [3.63, 3.8) is 0 Å². The molecule has 1 rings (SSSR count). The third-order valence-electron chi connectivity index (χ3n) is 4.47. The standard InChI is InChI=1S/C17H35NO/c1-5-9-19-13-17-10-15(6-2)7-8-16(17)12-18-11-14(3)4/h14-18H,5-13H2,1-4H3. The Labute approximate surface area is 120 Å². The van der Waals surface area contributed by atoms with Crippen LogP contribution in [-0.4, -0.2) is 26.3 Å². The number of rotatable bonds is 9. The maximum absolute atomic E-state index is 5.85. The lowest BCUT2D eigenvalue weighted by atomic mass is 9.73. The van der Waals surface area contributed by atoms with Gasteiger partial charge in [-0.2, -0.15) is 0 Å². The van der Waals surface area contributed by atoms with Crippen molar-refractivity contribution in [2.45, 2.75) is 59.8 Å². The minimum atomic E-state index is 0.752. The highest BCUT2D eigenvalue weighted by atomic mass is 16.5. The fourth-order valence-electron chi connectivity index (χ4n) is 3.20. The summed E-state index contributed by atoms with van der Waals surface area (Å²) in [5.74, 6) is 3.31. The minimum Gasteiger partial charge on any atom is -0.381 e. The Morgan fingerprint density at radius 3 is 2.58 bits per heavy atom. The molecule has 2 heteroatoms. The predicted octanol–water partition coefficient (Wildman–Crippen LogP) is 4.10. The second-order valence-electron chi connectivity index (χ2n) is 6.73. The summed E-state index contributed by atoms with van der Waals surface area (Å²) in [4.78, 5) is 0. The zero-order chi connectivity index (χ0) is 14.1. The highest BCUT2D eigenvalue weighted by Crippen LogP contribution is 2.35. The summed E-state index contributed by atoms with van der Waals surface area (Å²) in [6, 6.07) is 0. The lowest BCUT2D eigenvalue weighted by Gasteiger charge is -2.36. The molecule has 0 amide bonds. The van der Waals surface area contributed by atoms with E-state index in [0.29, 0.717) is 0 Å². The summed E-state index contributed by atoms with van der Waals surface area (Å²) in [5, 5.41) is 3.65. The van der Waals surface area contributed by atoms with Gasteiger partial charge in [-0.1, -0.05) is 40.5 Å². The predicted molar refractivity (Wildman–Crippen MR) is 83.4 cm³/mol. The smallest absolute Gasteiger partial charge is 0.0497 e. The third-order valence-corrected chi connectivity index (χ3v) is 4.47. The van der Waals surface area contributed by atoms with Crippen molar-refractivity contribution in [1.82, 2.24) is 5.32 Å². The first-order valence-electron chi connectivity index (χ1n) is 8.45. The van der Waals surface area contributed by atoms with E-state index in [1.165, 1.54) is 32.2 Å². The largest absolute Gasteiger partial charge is 0.381 e. The maximum Gasteiger partial charge on any atom is 0.0497 e. The Morgan fingerprint density at radius 1 is 1.16 bits per heavy atom. The van der Waals surface area contributed by atoms with Crippen LogP contribution in [0.15, 0.2) is 0 Å². The molecular weight excluding hydrogens is 234 g/mol. The minimum absolute atomic E-state index is 0.752. The summed E-state index contributed by atoms with van der Waals surface area (Å²) in [7, 11) is 0. The number of nitrogens with one attached hydrogen (secondary N) is 1. The quantitative estimate of drug-likeness (QED) is 0.636. The van der Waals surface area contributed by atoms with Crippen LogP contribution in [0.25, 0.3) is 0 Å². The van der Waals surface area contributed by atoms with Crippen molar-refractivity contribution in [1.29, 1.82) is 0 Å². The SMILES string of the molecule is CCCOCC1CC(CC)CCC1CNCC(C)C. The second kappa shape index (κ2) is 9.77. The van der Waals surface area contributed by atoms with Gasteiger partial charge in [0.15, 0.2) is 0 Å². The molecular formula is C17H35NO. The molecule has 0 bridgehead atoms. The van der Waals surface area contributed by atoms with Crippen molar-refractivity contribution < 1.29 is 4.74 Å². The van der Waals surface area contributed by atoms with Gasteiger partial charge >= 0.3 is 0 Å². The van der Waals surface area contributed by atoms with Crippen LogP contribution < -0.4 is 5.32 Å². The Hall–Kier alpha value is -0.0800. The van der Waals surface area contributed by atoms with Gasteiger partial charge in [-0.15, -0.1) is 0 Å². The Balaban J connectivity index is 2.36. The number of ether oxygens (including phenoxy) is 1. The molecule has 0 aromatic carbocycles. The Morgan fingerprint density at radius 2 is 1.95 bits per heavy atom. The molecule has 114 valence electrons. The van der Waals surface area contributed by atoms with E-state index in [-0.39, 0.29) is 0 Å². The normalized spacial score (nSPS) is 27.9. The van der Waals surface area contributed by atoms with Gasteiger partial charge in [0, 0.05) is 13.2 Å². The van der Waals surface area contributed by atoms with Gasteiger partial charge in [0.25, 0.3) is 0 Å². The van der Waals surface area contributed by atoms with E-state index in [4.69, 9.17) is 4.74 Å². The van der Waals surface area contributed by atoms with Crippen molar-refractivity contribution in [3.05, 3.63) is 0 Å². The van der Waals surface area contributed by atoms with Crippen LogP contribution in [0.2, 0.25) is 0 Å². The molecule has 3 unspecified atom stereocenters. The van der Waals surface area contributed by atoms with E-state index in [0.717, 1.165) is 49.9 Å². The summed E-state index contributed by atoms with van der Waals surface area (Å²) < 4.78 is 5.85. The number of hydrogen-bond donors (Lipinski definition) is 1. The lowest BCUT2D eigenvalue weighted by molar-refractivity contribution is 0.0442. The molecule has 0 heterocycles. The van der Waals surface area contributed by atoms with E-state index < -0.39 is 0 Å². The molecule has 19 heavy (non-hydrogen) atoms. The zero-order valence-electron chi connectivity index (χ0n) is 13.6. The van der Waals surface area contributed by atoms with E-state index >= 15 is 0 Å². The molecule has 0 aromatic heterocycles. The summed E-state index contributed by atoms with van der Waals surface area (Å²) in [5.41, 5.74) is 0. The topological polar surface area (TPSA) is 21.3 Å². The van der Waals surface area contributed by atoms with Gasteiger partial charge in [-0.05, 0) is 56.0 Å². The van der Waals surface area contributed by atoms with E-state index in [1.807, 2.05) is 0 Å². The van der Waals surface area contributed by atoms with Crippen LogP contribution in [0, 0.1) is 23.7 Å². The molecule has 0 aliphatic heterocycles. The molecule has 1 aliphatic carbocycles. The van der Waals surface area contributed by atoms with Gasteiger partial charge < -0.3 is 10.1 Å². The van der Waals surface area contributed by atoms with Crippen molar-refractivity contribution in [2.24, 2.45) is 23.7 Å². The highest BCUT2D eigenvalue weighted by molar-refractivity contribution is 4.81. The van der Waals surface area contributed by atoms with Gasteiger partial charge in [-0.25, -0.2) is 0 Å². The molecule has 0 saturated heterocycles. The molecule has 1 fully saturated rings. The lowest BCUT2D eigenvalue weighted by Crippen LogP contribution is -2.36. The van der Waals surface area contributed by atoms with E-state index in [9.17, 15) is 0 Å². The van der Waals surface area contributed by atoms with Gasteiger partial charge in [0.1, 0.15) is 0 Å². The first-order valence-corrected chi connectivity index (χ1v) is 8.45. The van der Waals surface area contributed by atoms with Crippen LogP contribution in [0.5, 0.6) is 0 Å². The summed E-state index contributed by atoms with van der Waals surface area (Å²) >= 11 is 0. The fraction of sp³-hybridized carbons (Fsp3) is 1.00.